The molecule has 120 valence electrons. The standard InChI is InChI=1S/C14H20FN3O3Si/c1-22(2,3)7-6-21-9-18-5-4-11-12(18)8-10(15)13(16-11)17-14(19)20/h4-5,8H,6-7,9H2,1-3H3,(H,16,17)(H,19,20). The van der Waals surface area contributed by atoms with Crippen LogP contribution in [0.4, 0.5) is 15.0 Å². The van der Waals surface area contributed by atoms with Gasteiger partial charge in [0.15, 0.2) is 11.6 Å². The number of halogens is 1. The van der Waals surface area contributed by atoms with Crippen LogP contribution >= 0.6 is 0 Å². The van der Waals surface area contributed by atoms with E-state index in [9.17, 15) is 9.18 Å². The van der Waals surface area contributed by atoms with Crippen molar-refractivity contribution in [1.29, 1.82) is 0 Å². The number of fused-ring (bicyclic) bond motifs is 1. The Bertz CT molecular complexity index is 682. The van der Waals surface area contributed by atoms with Crippen LogP contribution in [0, 0.1) is 5.82 Å². The summed E-state index contributed by atoms with van der Waals surface area (Å²) in [6.45, 7) is 7.82. The predicted molar refractivity (Wildman–Crippen MR) is 85.4 cm³/mol. The van der Waals surface area contributed by atoms with Crippen molar-refractivity contribution in [2.45, 2.75) is 32.4 Å². The van der Waals surface area contributed by atoms with Gasteiger partial charge >= 0.3 is 6.09 Å². The lowest BCUT2D eigenvalue weighted by atomic mass is 10.3. The molecule has 2 aromatic heterocycles. The number of anilines is 1. The molecule has 0 unspecified atom stereocenters. The summed E-state index contributed by atoms with van der Waals surface area (Å²) in [5.74, 6) is -1.01. The third kappa shape index (κ3) is 4.28. The summed E-state index contributed by atoms with van der Waals surface area (Å²) in [6, 6.07) is 4.02. The lowest BCUT2D eigenvalue weighted by Gasteiger charge is -2.15. The number of aromatic nitrogens is 2. The Morgan fingerprint density at radius 1 is 1.50 bits per heavy atom. The molecule has 0 radical (unpaired) electrons. The van der Waals surface area contributed by atoms with Crippen LogP contribution in [0.2, 0.25) is 25.7 Å². The van der Waals surface area contributed by atoms with Crippen LogP contribution in [0.1, 0.15) is 0 Å². The van der Waals surface area contributed by atoms with E-state index in [4.69, 9.17) is 9.84 Å². The maximum absolute atomic E-state index is 13.8. The van der Waals surface area contributed by atoms with Gasteiger partial charge in [-0.05, 0) is 12.1 Å². The molecule has 0 aliphatic carbocycles. The zero-order valence-corrected chi connectivity index (χ0v) is 13.9. The zero-order chi connectivity index (χ0) is 16.3. The van der Waals surface area contributed by atoms with Crippen molar-refractivity contribution in [2.75, 3.05) is 11.9 Å². The van der Waals surface area contributed by atoms with Crippen molar-refractivity contribution >= 4 is 31.0 Å². The van der Waals surface area contributed by atoms with Crippen LogP contribution in [0.25, 0.3) is 11.0 Å². The number of ether oxygens (including phenoxy) is 1. The maximum atomic E-state index is 13.8. The van der Waals surface area contributed by atoms with Crippen molar-refractivity contribution in [3.63, 3.8) is 0 Å². The number of hydrogen-bond donors (Lipinski definition) is 2. The summed E-state index contributed by atoms with van der Waals surface area (Å²) in [7, 11) is -1.14. The highest BCUT2D eigenvalue weighted by molar-refractivity contribution is 6.76. The van der Waals surface area contributed by atoms with Crippen molar-refractivity contribution in [3.8, 4) is 0 Å². The molecule has 2 rings (SSSR count). The maximum Gasteiger partial charge on any atom is 0.410 e. The first-order chi connectivity index (χ1) is 10.3. The summed E-state index contributed by atoms with van der Waals surface area (Å²) in [4.78, 5) is 14.5. The van der Waals surface area contributed by atoms with Gasteiger partial charge in [0.25, 0.3) is 0 Å². The van der Waals surface area contributed by atoms with E-state index in [1.807, 2.05) is 5.32 Å². The first-order valence-electron chi connectivity index (χ1n) is 6.99. The van der Waals surface area contributed by atoms with Crippen LogP contribution in [-0.2, 0) is 11.5 Å². The van der Waals surface area contributed by atoms with E-state index in [1.54, 1.807) is 16.8 Å². The van der Waals surface area contributed by atoms with Crippen LogP contribution in [0.3, 0.4) is 0 Å². The summed E-state index contributed by atoms with van der Waals surface area (Å²) < 4.78 is 21.2. The molecule has 0 saturated carbocycles. The molecule has 0 saturated heterocycles. The number of amides is 1. The van der Waals surface area contributed by atoms with Gasteiger partial charge in [0.05, 0.1) is 11.0 Å². The highest BCUT2D eigenvalue weighted by Crippen LogP contribution is 2.20. The second-order valence-corrected chi connectivity index (χ2v) is 11.9. The molecule has 2 heterocycles. The fourth-order valence-electron chi connectivity index (χ4n) is 1.93. The van der Waals surface area contributed by atoms with Gasteiger partial charge in [0.2, 0.25) is 0 Å². The van der Waals surface area contributed by atoms with E-state index < -0.39 is 20.0 Å². The lowest BCUT2D eigenvalue weighted by Crippen LogP contribution is -2.22. The van der Waals surface area contributed by atoms with Crippen molar-refractivity contribution < 1.29 is 19.0 Å². The van der Waals surface area contributed by atoms with Gasteiger partial charge in [-0.25, -0.2) is 14.2 Å². The summed E-state index contributed by atoms with van der Waals surface area (Å²) in [5.41, 5.74) is 1.08. The van der Waals surface area contributed by atoms with Crippen LogP contribution in [-0.4, -0.2) is 35.4 Å². The highest BCUT2D eigenvalue weighted by atomic mass is 28.3. The van der Waals surface area contributed by atoms with Crippen LogP contribution in [0.5, 0.6) is 0 Å². The topological polar surface area (TPSA) is 76.4 Å². The Morgan fingerprint density at radius 3 is 2.86 bits per heavy atom. The smallest absolute Gasteiger partial charge is 0.410 e. The molecule has 2 aromatic rings. The van der Waals surface area contributed by atoms with E-state index in [-0.39, 0.29) is 5.82 Å². The molecule has 1 amide bonds. The minimum atomic E-state index is -1.35. The zero-order valence-electron chi connectivity index (χ0n) is 12.9. The molecule has 0 aliphatic rings. The molecule has 6 nitrogen and oxygen atoms in total. The molecule has 22 heavy (non-hydrogen) atoms. The van der Waals surface area contributed by atoms with Gasteiger partial charge in [0, 0.05) is 26.9 Å². The number of rotatable bonds is 6. The number of pyridine rings is 1. The average Bonchev–Trinajstić information content (AvgIpc) is 2.76. The van der Waals surface area contributed by atoms with E-state index in [0.717, 1.165) is 6.04 Å². The fourth-order valence-corrected chi connectivity index (χ4v) is 2.69. The third-order valence-corrected chi connectivity index (χ3v) is 4.86. The number of nitrogens with zero attached hydrogens (tertiary/aromatic N) is 2. The van der Waals surface area contributed by atoms with Crippen LogP contribution < -0.4 is 5.32 Å². The van der Waals surface area contributed by atoms with Gasteiger partial charge in [-0.2, -0.15) is 0 Å². The quantitative estimate of drug-likeness (QED) is 0.629. The van der Waals surface area contributed by atoms with Crippen molar-refractivity contribution in [2.24, 2.45) is 0 Å². The molecular weight excluding hydrogens is 305 g/mol. The number of nitrogens with one attached hydrogen (secondary N) is 1. The Balaban J connectivity index is 2.09. The Kier molecular flexibility index (Phi) is 4.82. The fraction of sp³-hybridized carbons (Fsp3) is 0.429. The third-order valence-electron chi connectivity index (χ3n) is 3.16. The normalized spacial score (nSPS) is 11.8. The second kappa shape index (κ2) is 6.45. The Labute approximate surface area is 128 Å². The predicted octanol–water partition coefficient (Wildman–Crippen LogP) is 3.58. The summed E-state index contributed by atoms with van der Waals surface area (Å²) in [6.07, 6.45) is 0.399. The molecule has 8 heteroatoms. The largest absolute Gasteiger partial charge is 0.465 e. The molecule has 0 fully saturated rings. The van der Waals surface area contributed by atoms with Gasteiger partial charge in [0.1, 0.15) is 6.73 Å². The molecule has 0 aliphatic heterocycles. The molecule has 0 spiro atoms. The Morgan fingerprint density at radius 2 is 2.23 bits per heavy atom. The molecule has 0 aromatic carbocycles. The Hall–Kier alpha value is -1.93. The van der Waals surface area contributed by atoms with E-state index in [0.29, 0.717) is 24.4 Å². The minimum Gasteiger partial charge on any atom is -0.465 e. The lowest BCUT2D eigenvalue weighted by molar-refractivity contribution is 0.0902. The van der Waals surface area contributed by atoms with Gasteiger partial charge in [-0.3, -0.25) is 5.32 Å². The molecule has 0 atom stereocenters. The SMILES string of the molecule is C[Si](C)(C)CCOCn1ccc2nc(NC(=O)O)c(F)cc21. The van der Waals surface area contributed by atoms with E-state index >= 15 is 0 Å². The van der Waals surface area contributed by atoms with Crippen molar-refractivity contribution in [3.05, 3.63) is 24.1 Å². The monoisotopic (exact) mass is 325 g/mol. The summed E-state index contributed by atoms with van der Waals surface area (Å²) >= 11 is 0. The van der Waals surface area contributed by atoms with E-state index in [2.05, 4.69) is 24.6 Å². The van der Waals surface area contributed by atoms with Gasteiger partial charge in [-0.1, -0.05) is 19.6 Å². The number of carbonyl (C=O) groups is 1. The first-order valence-corrected chi connectivity index (χ1v) is 10.7. The summed E-state index contributed by atoms with van der Waals surface area (Å²) in [5, 5.41) is 10.6. The average molecular weight is 325 g/mol. The number of carboxylic acid groups (broad SMARTS) is 1. The van der Waals surface area contributed by atoms with E-state index in [1.165, 1.54) is 6.07 Å². The molecule has 0 bridgehead atoms. The minimum absolute atomic E-state index is 0.294. The first kappa shape index (κ1) is 16.4. The van der Waals surface area contributed by atoms with Crippen LogP contribution in [0.15, 0.2) is 18.3 Å². The second-order valence-electron chi connectivity index (χ2n) is 6.29. The van der Waals surface area contributed by atoms with Gasteiger partial charge < -0.3 is 14.4 Å². The van der Waals surface area contributed by atoms with Crippen molar-refractivity contribution in [1.82, 2.24) is 9.55 Å². The highest BCUT2D eigenvalue weighted by Gasteiger charge is 2.13. The number of hydrogen-bond acceptors (Lipinski definition) is 3. The molecular formula is C14H20FN3O3Si. The van der Waals surface area contributed by atoms with Gasteiger partial charge in [-0.15, -0.1) is 0 Å². The molecule has 2 N–H and O–H groups in total.